The Morgan fingerprint density at radius 1 is 0.864 bits per heavy atom. The van der Waals surface area contributed by atoms with E-state index < -0.39 is 0 Å². The Kier molecular flexibility index (Phi) is 2.42. The lowest BCUT2D eigenvalue weighted by Crippen LogP contribution is -2.12. The Labute approximate surface area is 129 Å². The largest absolute Gasteiger partial charge is 0.0801 e. The molecule has 3 aromatic rings. The molecule has 0 spiro atoms. The van der Waals surface area contributed by atoms with Crippen molar-refractivity contribution in [1.29, 1.82) is 0 Å². The highest BCUT2D eigenvalue weighted by atomic mass is 14.2. The van der Waals surface area contributed by atoms with E-state index in [0.717, 1.165) is 12.8 Å². The number of hydrogen-bond acceptors (Lipinski definition) is 0. The third kappa shape index (κ3) is 1.52. The third-order valence-corrected chi connectivity index (χ3v) is 4.87. The summed E-state index contributed by atoms with van der Waals surface area (Å²) in [6, 6.07) is 13.3. The van der Waals surface area contributed by atoms with Gasteiger partial charge in [0.15, 0.2) is 0 Å². The smallest absolute Gasteiger partial charge is 0.00264 e. The van der Waals surface area contributed by atoms with Crippen LogP contribution in [0.4, 0.5) is 0 Å². The summed E-state index contributed by atoms with van der Waals surface area (Å²) in [5, 5.41) is 6.87. The molecule has 0 aliphatic heterocycles. The molecule has 2 aliphatic carbocycles. The van der Waals surface area contributed by atoms with Crippen molar-refractivity contribution in [3.63, 3.8) is 0 Å². The molecule has 0 N–H and O–H groups in total. The maximum Gasteiger partial charge on any atom is -0.00264 e. The molecule has 3 aromatic carbocycles. The van der Waals surface area contributed by atoms with Crippen LogP contribution in [0.2, 0.25) is 0 Å². The van der Waals surface area contributed by atoms with Gasteiger partial charge < -0.3 is 0 Å². The molecule has 0 unspecified atom stereocenters. The maximum absolute atomic E-state index is 2.39. The van der Waals surface area contributed by atoms with Crippen LogP contribution in [-0.2, 0) is 0 Å². The quantitative estimate of drug-likeness (QED) is 0.527. The Balaban J connectivity index is 2.16. The minimum atomic E-state index is 1.02. The van der Waals surface area contributed by atoms with Gasteiger partial charge in [-0.2, -0.15) is 0 Å². The number of allylic oxidation sites excluding steroid dienone is 5. The molecule has 0 atom stereocenters. The molecule has 0 radical (unpaired) electrons. The molecule has 0 fully saturated rings. The fourth-order valence-electron chi connectivity index (χ4n) is 3.94. The zero-order valence-electron chi connectivity index (χ0n) is 12.3. The van der Waals surface area contributed by atoms with Crippen LogP contribution in [0.5, 0.6) is 0 Å². The van der Waals surface area contributed by atoms with Crippen molar-refractivity contribution < 1.29 is 0 Å². The lowest BCUT2D eigenvalue weighted by atomic mass is 9.87. The van der Waals surface area contributed by atoms with Crippen LogP contribution in [-0.4, -0.2) is 0 Å². The SMILES string of the molecule is C1=CCC2=CCC=Cc3c2c(c2cccc4cccc3c42)=C1. The predicted octanol–water partition coefficient (Wildman–Crippen LogP) is 5.25. The van der Waals surface area contributed by atoms with E-state index in [1.807, 2.05) is 0 Å². The van der Waals surface area contributed by atoms with Crippen LogP contribution in [0, 0.1) is 0 Å². The van der Waals surface area contributed by atoms with Crippen LogP contribution in [0.3, 0.4) is 0 Å². The molecule has 0 heteroatoms. The van der Waals surface area contributed by atoms with E-state index in [4.69, 9.17) is 0 Å². The van der Waals surface area contributed by atoms with Gasteiger partial charge in [0.2, 0.25) is 0 Å². The number of fused-ring (bicyclic) bond motifs is 2. The topological polar surface area (TPSA) is 0 Å². The molecule has 104 valence electrons. The maximum atomic E-state index is 2.39. The van der Waals surface area contributed by atoms with Crippen LogP contribution >= 0.6 is 0 Å². The van der Waals surface area contributed by atoms with Crippen molar-refractivity contribution >= 4 is 39.3 Å². The van der Waals surface area contributed by atoms with Gasteiger partial charge in [-0.1, -0.05) is 72.9 Å². The molecular formula is C22H16. The number of hydrogen-bond donors (Lipinski definition) is 0. The molecule has 0 amide bonds. The van der Waals surface area contributed by atoms with E-state index in [0.29, 0.717) is 0 Å². The molecule has 22 heavy (non-hydrogen) atoms. The second-order valence-corrected chi connectivity index (χ2v) is 6.08. The van der Waals surface area contributed by atoms with Crippen molar-refractivity contribution in [2.24, 2.45) is 0 Å². The average molecular weight is 280 g/mol. The van der Waals surface area contributed by atoms with Crippen molar-refractivity contribution in [2.45, 2.75) is 12.8 Å². The van der Waals surface area contributed by atoms with E-state index in [-0.39, 0.29) is 0 Å². The molecule has 0 bridgehead atoms. The normalized spacial score (nSPS) is 16.1. The van der Waals surface area contributed by atoms with Gasteiger partial charge in [0.1, 0.15) is 0 Å². The van der Waals surface area contributed by atoms with Crippen molar-refractivity contribution in [2.75, 3.05) is 0 Å². The predicted molar refractivity (Wildman–Crippen MR) is 96.5 cm³/mol. The van der Waals surface area contributed by atoms with Gasteiger partial charge in [-0.3, -0.25) is 0 Å². The molecule has 0 aromatic heterocycles. The summed E-state index contributed by atoms with van der Waals surface area (Å²) >= 11 is 0. The van der Waals surface area contributed by atoms with E-state index >= 15 is 0 Å². The Bertz CT molecular complexity index is 1050. The van der Waals surface area contributed by atoms with Gasteiger partial charge in [-0.05, 0) is 56.3 Å². The first kappa shape index (κ1) is 12.0. The van der Waals surface area contributed by atoms with Gasteiger partial charge in [0.05, 0.1) is 0 Å². The lowest BCUT2D eigenvalue weighted by Gasteiger charge is -2.16. The van der Waals surface area contributed by atoms with Gasteiger partial charge in [-0.15, -0.1) is 0 Å². The highest BCUT2D eigenvalue weighted by Gasteiger charge is 2.17. The number of benzene rings is 3. The highest BCUT2D eigenvalue weighted by molar-refractivity contribution is 6.15. The summed E-state index contributed by atoms with van der Waals surface area (Å²) in [4.78, 5) is 0. The fraction of sp³-hybridized carbons (Fsp3) is 0.0909. The third-order valence-electron chi connectivity index (χ3n) is 4.87. The van der Waals surface area contributed by atoms with Crippen molar-refractivity contribution in [3.05, 3.63) is 77.0 Å². The van der Waals surface area contributed by atoms with Gasteiger partial charge in [0, 0.05) is 0 Å². The number of rotatable bonds is 0. The van der Waals surface area contributed by atoms with Crippen LogP contribution < -0.4 is 5.22 Å². The molecule has 0 nitrogen and oxygen atoms in total. The molecule has 5 rings (SSSR count). The van der Waals surface area contributed by atoms with Crippen molar-refractivity contribution in [1.82, 2.24) is 0 Å². The molecule has 0 saturated heterocycles. The zero-order chi connectivity index (χ0) is 14.5. The van der Waals surface area contributed by atoms with E-state index in [9.17, 15) is 0 Å². The van der Waals surface area contributed by atoms with Crippen LogP contribution in [0.25, 0.3) is 39.3 Å². The first-order chi connectivity index (χ1) is 10.9. The van der Waals surface area contributed by atoms with Crippen LogP contribution in [0.1, 0.15) is 24.0 Å². The summed E-state index contributed by atoms with van der Waals surface area (Å²) in [5.41, 5.74) is 4.29. The van der Waals surface area contributed by atoms with Crippen LogP contribution in [0.15, 0.2) is 60.7 Å². The zero-order valence-corrected chi connectivity index (χ0v) is 12.3. The standard InChI is InChI=1S/C22H16/c1-3-11-17-19-13-5-9-16-10-6-14-20(22(16)19)18-12-4-2-8-15(7-1)21(17)18/h1,3-6,8-14H,2,7H2. The summed E-state index contributed by atoms with van der Waals surface area (Å²) < 4.78 is 0. The van der Waals surface area contributed by atoms with Crippen molar-refractivity contribution in [3.8, 4) is 0 Å². The first-order valence-electron chi connectivity index (χ1n) is 7.93. The lowest BCUT2D eigenvalue weighted by molar-refractivity contribution is 1.34. The van der Waals surface area contributed by atoms with E-state index in [2.05, 4.69) is 72.9 Å². The molecule has 0 heterocycles. The molecule has 0 saturated carbocycles. The molecule has 2 aliphatic rings. The Morgan fingerprint density at radius 3 is 2.64 bits per heavy atom. The van der Waals surface area contributed by atoms with Gasteiger partial charge in [-0.25, -0.2) is 0 Å². The molecular weight excluding hydrogens is 264 g/mol. The summed E-state index contributed by atoms with van der Waals surface area (Å²) in [7, 11) is 0. The minimum Gasteiger partial charge on any atom is -0.0801 e. The monoisotopic (exact) mass is 280 g/mol. The van der Waals surface area contributed by atoms with E-state index in [1.165, 1.54) is 43.5 Å². The van der Waals surface area contributed by atoms with Gasteiger partial charge in [0.25, 0.3) is 0 Å². The average Bonchev–Trinajstić information content (AvgIpc) is 2.89. The highest BCUT2D eigenvalue weighted by Crippen LogP contribution is 2.35. The summed E-state index contributed by atoms with van der Waals surface area (Å²) in [6.07, 6.45) is 15.8. The summed E-state index contributed by atoms with van der Waals surface area (Å²) in [5.74, 6) is 0. The Hall–Kier alpha value is -2.60. The van der Waals surface area contributed by atoms with Gasteiger partial charge >= 0.3 is 0 Å². The minimum absolute atomic E-state index is 1.02. The second kappa shape index (κ2) is 4.45. The van der Waals surface area contributed by atoms with E-state index in [1.54, 1.807) is 0 Å². The second-order valence-electron chi connectivity index (χ2n) is 6.08. The Morgan fingerprint density at radius 2 is 1.73 bits per heavy atom. The fourth-order valence-corrected chi connectivity index (χ4v) is 3.94. The first-order valence-corrected chi connectivity index (χ1v) is 7.93. The summed E-state index contributed by atoms with van der Waals surface area (Å²) in [6.45, 7) is 0.